The Morgan fingerprint density at radius 2 is 2.00 bits per heavy atom. The molecule has 1 unspecified atom stereocenters. The standard InChI is InChI=1S/C15H24N2O4/c1-9(18)17-14-12(16)7-10(15(19)20)8-13(14)21-11-5-3-2-4-6-11/h8,11-14H,2-7,16H2,1H3,(H,17,18)(H,19,20)/t12-,13?,14+/m0/s1. The molecule has 3 atom stereocenters. The first-order chi connectivity index (χ1) is 9.97. The van der Waals surface area contributed by atoms with Crippen molar-refractivity contribution < 1.29 is 19.4 Å². The highest BCUT2D eigenvalue weighted by Crippen LogP contribution is 2.27. The highest BCUT2D eigenvalue weighted by atomic mass is 16.5. The maximum atomic E-state index is 11.4. The lowest BCUT2D eigenvalue weighted by Gasteiger charge is -2.37. The largest absolute Gasteiger partial charge is 0.478 e. The van der Waals surface area contributed by atoms with E-state index in [1.165, 1.54) is 13.3 Å². The number of carboxylic acid groups (broad SMARTS) is 1. The average Bonchev–Trinajstić information content (AvgIpc) is 2.43. The third-order valence-electron chi connectivity index (χ3n) is 4.18. The van der Waals surface area contributed by atoms with Gasteiger partial charge in [0.05, 0.1) is 18.2 Å². The number of amides is 1. The molecular formula is C15H24N2O4. The van der Waals surface area contributed by atoms with Crippen molar-refractivity contribution in [1.82, 2.24) is 5.32 Å². The number of nitrogens with one attached hydrogen (secondary N) is 1. The van der Waals surface area contributed by atoms with E-state index in [1.54, 1.807) is 6.08 Å². The van der Waals surface area contributed by atoms with Crippen molar-refractivity contribution in [1.29, 1.82) is 0 Å². The van der Waals surface area contributed by atoms with E-state index < -0.39 is 18.1 Å². The highest BCUT2D eigenvalue weighted by Gasteiger charge is 2.35. The minimum absolute atomic E-state index is 0.122. The van der Waals surface area contributed by atoms with Gasteiger partial charge in [0, 0.05) is 18.5 Å². The summed E-state index contributed by atoms with van der Waals surface area (Å²) in [6, 6.07) is -0.814. The molecule has 0 aliphatic heterocycles. The molecule has 1 saturated carbocycles. The maximum Gasteiger partial charge on any atom is 0.331 e. The fourth-order valence-corrected chi connectivity index (χ4v) is 3.12. The van der Waals surface area contributed by atoms with Gasteiger partial charge in [-0.3, -0.25) is 4.79 Å². The first-order valence-electron chi connectivity index (χ1n) is 7.59. The molecule has 0 aromatic heterocycles. The number of hydrogen-bond acceptors (Lipinski definition) is 4. The van der Waals surface area contributed by atoms with Crippen LogP contribution in [0.3, 0.4) is 0 Å². The fourth-order valence-electron chi connectivity index (χ4n) is 3.12. The zero-order valence-electron chi connectivity index (χ0n) is 12.4. The van der Waals surface area contributed by atoms with Gasteiger partial charge in [-0.2, -0.15) is 0 Å². The van der Waals surface area contributed by atoms with Gasteiger partial charge in [0.15, 0.2) is 0 Å². The number of hydrogen-bond donors (Lipinski definition) is 3. The van der Waals surface area contributed by atoms with Gasteiger partial charge >= 0.3 is 5.97 Å². The Morgan fingerprint density at radius 3 is 2.57 bits per heavy atom. The summed E-state index contributed by atoms with van der Waals surface area (Å²) in [7, 11) is 0. The molecule has 4 N–H and O–H groups in total. The molecule has 2 aliphatic carbocycles. The van der Waals surface area contributed by atoms with E-state index in [2.05, 4.69) is 5.32 Å². The van der Waals surface area contributed by atoms with Crippen molar-refractivity contribution in [3.8, 4) is 0 Å². The van der Waals surface area contributed by atoms with E-state index >= 15 is 0 Å². The number of carbonyl (C=O) groups is 2. The van der Waals surface area contributed by atoms with Crippen LogP contribution < -0.4 is 11.1 Å². The summed E-state index contributed by atoms with van der Waals surface area (Å²) in [6.45, 7) is 1.43. The Hall–Kier alpha value is -1.40. The Kier molecular flexibility index (Phi) is 5.36. The Balaban J connectivity index is 2.13. The van der Waals surface area contributed by atoms with E-state index in [0.29, 0.717) is 0 Å². The van der Waals surface area contributed by atoms with E-state index in [1.807, 2.05) is 0 Å². The second-order valence-electron chi connectivity index (χ2n) is 5.95. The van der Waals surface area contributed by atoms with Gasteiger partial charge in [-0.25, -0.2) is 4.79 Å². The number of aliphatic carboxylic acids is 1. The number of nitrogens with two attached hydrogens (primary N) is 1. The summed E-state index contributed by atoms with van der Waals surface area (Å²) in [5.41, 5.74) is 6.32. The molecule has 0 saturated heterocycles. The van der Waals surface area contributed by atoms with Crippen molar-refractivity contribution in [3.05, 3.63) is 11.6 Å². The van der Waals surface area contributed by atoms with Crippen LogP contribution in [0.25, 0.3) is 0 Å². The topological polar surface area (TPSA) is 102 Å². The number of ether oxygens (including phenoxy) is 1. The first kappa shape index (κ1) is 16.0. The maximum absolute atomic E-state index is 11.4. The number of carbonyl (C=O) groups excluding carboxylic acids is 1. The lowest BCUT2D eigenvalue weighted by atomic mass is 9.88. The molecular weight excluding hydrogens is 272 g/mol. The van der Waals surface area contributed by atoms with Gasteiger partial charge < -0.3 is 20.9 Å². The van der Waals surface area contributed by atoms with E-state index in [-0.39, 0.29) is 30.0 Å². The second kappa shape index (κ2) is 7.04. The van der Waals surface area contributed by atoms with Crippen LogP contribution in [0.2, 0.25) is 0 Å². The molecule has 1 fully saturated rings. The first-order valence-corrected chi connectivity index (χ1v) is 7.59. The number of rotatable bonds is 4. The molecule has 1 amide bonds. The molecule has 6 heteroatoms. The third kappa shape index (κ3) is 4.28. The predicted octanol–water partition coefficient (Wildman–Crippen LogP) is 0.951. The van der Waals surface area contributed by atoms with Crippen molar-refractivity contribution in [2.45, 2.75) is 69.7 Å². The van der Waals surface area contributed by atoms with Crippen molar-refractivity contribution in [3.63, 3.8) is 0 Å². The summed E-state index contributed by atoms with van der Waals surface area (Å²) in [5, 5.41) is 12.0. The van der Waals surface area contributed by atoms with Gasteiger partial charge in [-0.05, 0) is 25.3 Å². The van der Waals surface area contributed by atoms with Crippen molar-refractivity contribution >= 4 is 11.9 Å². The third-order valence-corrected chi connectivity index (χ3v) is 4.18. The molecule has 0 aromatic carbocycles. The summed E-state index contributed by atoms with van der Waals surface area (Å²) in [5.74, 6) is -1.15. The van der Waals surface area contributed by atoms with Crippen LogP contribution in [0, 0.1) is 0 Å². The molecule has 0 bridgehead atoms. The van der Waals surface area contributed by atoms with Crippen LogP contribution in [-0.2, 0) is 14.3 Å². The van der Waals surface area contributed by atoms with Crippen molar-refractivity contribution in [2.75, 3.05) is 0 Å². The second-order valence-corrected chi connectivity index (χ2v) is 5.95. The molecule has 118 valence electrons. The Bertz CT molecular complexity index is 429. The van der Waals surface area contributed by atoms with Crippen LogP contribution in [-0.4, -0.2) is 41.3 Å². The molecule has 6 nitrogen and oxygen atoms in total. The molecule has 0 radical (unpaired) electrons. The van der Waals surface area contributed by atoms with Gasteiger partial charge in [-0.15, -0.1) is 0 Å². The normalized spacial score (nSPS) is 30.6. The fraction of sp³-hybridized carbons (Fsp3) is 0.733. The van der Waals surface area contributed by atoms with E-state index in [0.717, 1.165) is 25.7 Å². The van der Waals surface area contributed by atoms with Crippen LogP contribution in [0.4, 0.5) is 0 Å². The minimum atomic E-state index is -0.969. The summed E-state index contributed by atoms with van der Waals surface area (Å²) >= 11 is 0. The molecule has 2 rings (SSSR count). The lowest BCUT2D eigenvalue weighted by molar-refractivity contribution is -0.133. The van der Waals surface area contributed by atoms with Gasteiger partial charge in [-0.1, -0.05) is 19.3 Å². The minimum Gasteiger partial charge on any atom is -0.478 e. The molecule has 0 aromatic rings. The van der Waals surface area contributed by atoms with Gasteiger partial charge in [0.1, 0.15) is 0 Å². The van der Waals surface area contributed by atoms with E-state index in [4.69, 9.17) is 10.5 Å². The molecule has 0 heterocycles. The van der Waals surface area contributed by atoms with Gasteiger partial charge in [0.2, 0.25) is 5.91 Å². The molecule has 2 aliphatic rings. The molecule has 21 heavy (non-hydrogen) atoms. The van der Waals surface area contributed by atoms with Crippen LogP contribution >= 0.6 is 0 Å². The van der Waals surface area contributed by atoms with Crippen molar-refractivity contribution in [2.24, 2.45) is 5.73 Å². The monoisotopic (exact) mass is 296 g/mol. The zero-order valence-corrected chi connectivity index (χ0v) is 12.4. The quantitative estimate of drug-likeness (QED) is 0.717. The van der Waals surface area contributed by atoms with Crippen LogP contribution in [0.1, 0.15) is 45.4 Å². The SMILES string of the molecule is CC(=O)N[C@H]1C(OC2CCCCC2)C=C(C(=O)O)C[C@@H]1N. The number of carboxylic acids is 1. The highest BCUT2D eigenvalue weighted by molar-refractivity contribution is 5.87. The summed E-state index contributed by atoms with van der Waals surface area (Å²) in [4.78, 5) is 22.6. The lowest BCUT2D eigenvalue weighted by Crippen LogP contribution is -2.57. The smallest absolute Gasteiger partial charge is 0.331 e. The summed E-state index contributed by atoms with van der Waals surface area (Å²) in [6.07, 6.45) is 6.95. The zero-order chi connectivity index (χ0) is 15.4. The van der Waals surface area contributed by atoms with Crippen LogP contribution in [0.5, 0.6) is 0 Å². The predicted molar refractivity (Wildman–Crippen MR) is 77.7 cm³/mol. The summed E-state index contributed by atoms with van der Waals surface area (Å²) < 4.78 is 6.06. The average molecular weight is 296 g/mol. The van der Waals surface area contributed by atoms with E-state index in [9.17, 15) is 14.7 Å². The Labute approximate surface area is 124 Å². The van der Waals surface area contributed by atoms with Crippen LogP contribution in [0.15, 0.2) is 11.6 Å². The Morgan fingerprint density at radius 1 is 1.33 bits per heavy atom. The molecule has 0 spiro atoms. The van der Waals surface area contributed by atoms with Gasteiger partial charge in [0.25, 0.3) is 0 Å².